The first kappa shape index (κ1) is 14.0. The minimum Gasteiger partial charge on any atom is -0.495 e. The number of nitrogens with zero attached hydrogens (tertiary/aromatic N) is 2. The van der Waals surface area contributed by atoms with Gasteiger partial charge in [-0.15, -0.1) is 11.3 Å². The minimum atomic E-state index is 0.156. The molecule has 1 N–H and O–H groups in total. The summed E-state index contributed by atoms with van der Waals surface area (Å²) in [6.07, 6.45) is 4.37. The van der Waals surface area contributed by atoms with Crippen LogP contribution in [0.3, 0.4) is 0 Å². The second kappa shape index (κ2) is 6.20. The number of benzene rings is 1. The lowest BCUT2D eigenvalue weighted by molar-refractivity contribution is 0.399. The third kappa shape index (κ3) is 2.89. The molecule has 0 saturated carbocycles. The number of nitrogens with one attached hydrogen (secondary N) is 1. The molecule has 5 heteroatoms. The highest BCUT2D eigenvalue weighted by atomic mass is 32.1. The molecule has 21 heavy (non-hydrogen) atoms. The molecule has 1 unspecified atom stereocenters. The summed E-state index contributed by atoms with van der Waals surface area (Å²) >= 11 is 1.74. The molecule has 0 aliphatic carbocycles. The highest BCUT2D eigenvalue weighted by Gasteiger charge is 2.17. The summed E-state index contributed by atoms with van der Waals surface area (Å²) in [6.45, 7) is 0. The van der Waals surface area contributed by atoms with E-state index >= 15 is 0 Å². The third-order valence-electron chi connectivity index (χ3n) is 3.48. The second-order valence-corrected chi connectivity index (χ2v) is 5.85. The normalized spacial score (nSPS) is 12.5. The van der Waals surface area contributed by atoms with Gasteiger partial charge in [0.2, 0.25) is 0 Å². The summed E-state index contributed by atoms with van der Waals surface area (Å²) in [5, 5.41) is 4.46. The van der Waals surface area contributed by atoms with Gasteiger partial charge in [0.05, 0.1) is 28.5 Å². The number of fused-ring (bicyclic) bond motifs is 1. The Labute approximate surface area is 127 Å². The van der Waals surface area contributed by atoms with Crippen molar-refractivity contribution in [3.8, 4) is 5.75 Å². The van der Waals surface area contributed by atoms with E-state index in [-0.39, 0.29) is 6.04 Å². The molecule has 0 aliphatic heterocycles. The molecule has 1 aromatic carbocycles. The molecule has 0 fully saturated rings. The van der Waals surface area contributed by atoms with Gasteiger partial charge in [-0.2, -0.15) is 0 Å². The molecule has 0 spiro atoms. The number of rotatable bonds is 5. The fourth-order valence-corrected chi connectivity index (χ4v) is 3.41. The van der Waals surface area contributed by atoms with E-state index in [1.165, 1.54) is 4.70 Å². The second-order valence-electron chi connectivity index (χ2n) is 4.74. The van der Waals surface area contributed by atoms with Crippen molar-refractivity contribution in [3.63, 3.8) is 0 Å². The number of thiazole rings is 1. The van der Waals surface area contributed by atoms with E-state index in [0.717, 1.165) is 28.3 Å². The number of likely N-dealkylation sites (N-methyl/N-ethyl adjacent to an activating group) is 1. The van der Waals surface area contributed by atoms with Crippen molar-refractivity contribution in [1.82, 2.24) is 15.3 Å². The van der Waals surface area contributed by atoms with E-state index in [4.69, 9.17) is 9.72 Å². The minimum absolute atomic E-state index is 0.156. The van der Waals surface area contributed by atoms with Crippen LogP contribution >= 0.6 is 11.3 Å². The van der Waals surface area contributed by atoms with Crippen LogP contribution in [-0.2, 0) is 6.42 Å². The quantitative estimate of drug-likeness (QED) is 0.786. The Hall–Kier alpha value is -1.98. The largest absolute Gasteiger partial charge is 0.495 e. The van der Waals surface area contributed by atoms with Crippen molar-refractivity contribution in [3.05, 3.63) is 53.3 Å². The Balaban J connectivity index is 1.90. The zero-order valence-electron chi connectivity index (χ0n) is 12.0. The van der Waals surface area contributed by atoms with Crippen molar-refractivity contribution in [2.45, 2.75) is 12.5 Å². The first-order valence-electron chi connectivity index (χ1n) is 6.81. The van der Waals surface area contributed by atoms with E-state index in [1.807, 2.05) is 25.2 Å². The maximum atomic E-state index is 5.41. The molecule has 0 amide bonds. The summed E-state index contributed by atoms with van der Waals surface area (Å²) < 4.78 is 6.63. The number of aromatic nitrogens is 2. The third-order valence-corrected chi connectivity index (χ3v) is 4.54. The molecule has 1 atom stereocenters. The number of ether oxygens (including phenoxy) is 1. The molecule has 0 bridgehead atoms. The standard InChI is InChI=1S/C16H17N3OS/c1-17-13(11-7-8-18-10-14(11)20-2)9-16-19-12-5-3-4-6-15(12)21-16/h3-8,10,13,17H,9H2,1-2H3. The molecule has 0 aliphatic rings. The van der Waals surface area contributed by atoms with Gasteiger partial charge in [-0.05, 0) is 25.2 Å². The summed E-state index contributed by atoms with van der Waals surface area (Å²) in [7, 11) is 3.63. The van der Waals surface area contributed by atoms with Crippen molar-refractivity contribution in [1.29, 1.82) is 0 Å². The van der Waals surface area contributed by atoms with Crippen molar-refractivity contribution < 1.29 is 4.74 Å². The van der Waals surface area contributed by atoms with E-state index in [0.29, 0.717) is 0 Å². The lowest BCUT2D eigenvalue weighted by Gasteiger charge is -2.17. The Kier molecular flexibility index (Phi) is 4.13. The Morgan fingerprint density at radius 1 is 1.29 bits per heavy atom. The summed E-state index contributed by atoms with van der Waals surface area (Å²) in [5.74, 6) is 0.804. The Morgan fingerprint density at radius 3 is 2.90 bits per heavy atom. The molecular formula is C16H17N3OS. The average molecular weight is 299 g/mol. The molecule has 108 valence electrons. The van der Waals surface area contributed by atoms with E-state index in [9.17, 15) is 0 Å². The monoisotopic (exact) mass is 299 g/mol. The topological polar surface area (TPSA) is 47.0 Å². The SMILES string of the molecule is CNC(Cc1nc2ccccc2s1)c1ccncc1OC. The van der Waals surface area contributed by atoms with Gasteiger partial charge >= 0.3 is 0 Å². The molecule has 3 aromatic rings. The van der Waals surface area contributed by atoms with Crippen molar-refractivity contribution >= 4 is 21.6 Å². The van der Waals surface area contributed by atoms with Gasteiger partial charge in [0.15, 0.2) is 0 Å². The number of para-hydroxylation sites is 1. The lowest BCUT2D eigenvalue weighted by Crippen LogP contribution is -2.19. The molecule has 2 heterocycles. The van der Waals surface area contributed by atoms with Crippen molar-refractivity contribution in [2.24, 2.45) is 0 Å². The molecule has 0 saturated heterocycles. The highest BCUT2D eigenvalue weighted by Crippen LogP contribution is 2.29. The van der Waals surface area contributed by atoms with Crippen LogP contribution in [0.2, 0.25) is 0 Å². The Morgan fingerprint density at radius 2 is 2.14 bits per heavy atom. The van der Waals surface area contributed by atoms with Crippen molar-refractivity contribution in [2.75, 3.05) is 14.2 Å². The predicted molar refractivity (Wildman–Crippen MR) is 85.9 cm³/mol. The number of hydrogen-bond acceptors (Lipinski definition) is 5. The molecule has 2 aromatic heterocycles. The number of pyridine rings is 1. The zero-order valence-corrected chi connectivity index (χ0v) is 12.9. The Bertz CT molecular complexity index is 708. The van der Waals surface area contributed by atoms with Crippen LogP contribution < -0.4 is 10.1 Å². The van der Waals surface area contributed by atoms with Gasteiger partial charge in [-0.1, -0.05) is 12.1 Å². The van der Waals surface area contributed by atoms with Gasteiger partial charge in [0.1, 0.15) is 5.75 Å². The average Bonchev–Trinajstić information content (AvgIpc) is 2.95. The number of methoxy groups -OCH3 is 1. The number of hydrogen-bond donors (Lipinski definition) is 1. The van der Waals surface area contributed by atoms with Gasteiger partial charge in [0, 0.05) is 24.2 Å². The first-order valence-corrected chi connectivity index (χ1v) is 7.63. The fourth-order valence-electron chi connectivity index (χ4n) is 2.40. The highest BCUT2D eigenvalue weighted by molar-refractivity contribution is 7.18. The smallest absolute Gasteiger partial charge is 0.141 e. The van der Waals surface area contributed by atoms with Crippen LogP contribution in [0.5, 0.6) is 5.75 Å². The van der Waals surface area contributed by atoms with Gasteiger partial charge in [-0.3, -0.25) is 4.98 Å². The summed E-state index contributed by atoms with van der Waals surface area (Å²) in [4.78, 5) is 8.81. The van der Waals surface area contributed by atoms with E-state index in [2.05, 4.69) is 22.4 Å². The zero-order chi connectivity index (χ0) is 14.7. The van der Waals surface area contributed by atoms with Crippen LogP contribution in [0.25, 0.3) is 10.2 Å². The lowest BCUT2D eigenvalue weighted by atomic mass is 10.0. The molecule has 4 nitrogen and oxygen atoms in total. The van der Waals surface area contributed by atoms with Gasteiger partial charge < -0.3 is 10.1 Å². The summed E-state index contributed by atoms with van der Waals surface area (Å²) in [6, 6.07) is 10.4. The van der Waals surface area contributed by atoms with Crippen LogP contribution in [0, 0.1) is 0 Å². The maximum Gasteiger partial charge on any atom is 0.141 e. The van der Waals surface area contributed by atoms with Gasteiger partial charge in [-0.25, -0.2) is 4.98 Å². The first-order chi connectivity index (χ1) is 10.3. The molecule has 0 radical (unpaired) electrons. The van der Waals surface area contributed by atoms with E-state index < -0.39 is 0 Å². The maximum absolute atomic E-state index is 5.41. The van der Waals surface area contributed by atoms with Crippen LogP contribution in [0.15, 0.2) is 42.7 Å². The van der Waals surface area contributed by atoms with Gasteiger partial charge in [0.25, 0.3) is 0 Å². The molecular weight excluding hydrogens is 282 g/mol. The van der Waals surface area contributed by atoms with E-state index in [1.54, 1.807) is 30.8 Å². The van der Waals surface area contributed by atoms with Crippen LogP contribution in [0.1, 0.15) is 16.6 Å². The summed E-state index contributed by atoms with van der Waals surface area (Å²) in [5.41, 5.74) is 2.17. The molecule has 3 rings (SSSR count). The van der Waals surface area contributed by atoms with Crippen LogP contribution in [-0.4, -0.2) is 24.1 Å². The van der Waals surface area contributed by atoms with Crippen LogP contribution in [0.4, 0.5) is 0 Å². The fraction of sp³-hybridized carbons (Fsp3) is 0.250. The predicted octanol–water partition coefficient (Wildman–Crippen LogP) is 3.20.